The molecule has 1 aromatic carbocycles. The molecule has 0 unspecified atom stereocenters. The first-order valence-corrected chi connectivity index (χ1v) is 6.48. The van der Waals surface area contributed by atoms with Gasteiger partial charge in [0.25, 0.3) is 0 Å². The third-order valence-electron chi connectivity index (χ3n) is 2.85. The van der Waals surface area contributed by atoms with Crippen LogP contribution in [0.3, 0.4) is 0 Å². The van der Waals surface area contributed by atoms with Crippen molar-refractivity contribution in [1.82, 2.24) is 10.3 Å². The second-order valence-corrected chi connectivity index (χ2v) is 4.45. The van der Waals surface area contributed by atoms with E-state index in [1.165, 1.54) is 0 Å². The normalized spacial score (nSPS) is 14.9. The molecule has 0 fully saturated rings. The Balaban J connectivity index is 1.74. The van der Waals surface area contributed by atoms with Gasteiger partial charge in [0.2, 0.25) is 0 Å². The van der Waals surface area contributed by atoms with E-state index in [0.717, 1.165) is 18.5 Å². The minimum absolute atomic E-state index is 0.181. The van der Waals surface area contributed by atoms with E-state index in [1.807, 2.05) is 30.3 Å². The van der Waals surface area contributed by atoms with Gasteiger partial charge in [0.15, 0.2) is 0 Å². The number of carbonyl (C=O) groups is 2. The fourth-order valence-electron chi connectivity index (χ4n) is 1.84. The van der Waals surface area contributed by atoms with Crippen LogP contribution in [-0.4, -0.2) is 42.7 Å². The molecule has 106 valence electrons. The Labute approximate surface area is 117 Å². The first kappa shape index (κ1) is 14.0. The Morgan fingerprint density at radius 2 is 2.25 bits per heavy atom. The highest BCUT2D eigenvalue weighted by atomic mass is 16.5. The van der Waals surface area contributed by atoms with Crippen molar-refractivity contribution in [2.45, 2.75) is 19.1 Å². The molecule has 2 rings (SSSR count). The summed E-state index contributed by atoms with van der Waals surface area (Å²) in [6.45, 7) is 1.31. The number of amides is 1. The first-order chi connectivity index (χ1) is 9.78. The monoisotopic (exact) mass is 275 g/mol. The maximum atomic E-state index is 11.6. The zero-order valence-electron chi connectivity index (χ0n) is 11.1. The number of hydrazone groups is 1. The van der Waals surface area contributed by atoms with Gasteiger partial charge in [-0.15, -0.1) is 0 Å². The van der Waals surface area contributed by atoms with E-state index < -0.39 is 12.1 Å². The summed E-state index contributed by atoms with van der Waals surface area (Å²) in [5, 5.41) is 8.35. The van der Waals surface area contributed by atoms with E-state index in [1.54, 1.807) is 11.2 Å². The molecule has 1 atom stereocenters. The van der Waals surface area contributed by atoms with Gasteiger partial charge < -0.3 is 14.8 Å². The lowest BCUT2D eigenvalue weighted by molar-refractivity contribution is -0.109. The Hall–Kier alpha value is -2.37. The average Bonchev–Trinajstić information content (AvgIpc) is 2.98. The number of aldehydes is 1. The van der Waals surface area contributed by atoms with Crippen molar-refractivity contribution in [3.8, 4) is 0 Å². The van der Waals surface area contributed by atoms with Crippen LogP contribution in [0.15, 0.2) is 35.4 Å². The van der Waals surface area contributed by atoms with Crippen LogP contribution < -0.4 is 5.32 Å². The smallest absolute Gasteiger partial charge is 0.408 e. The summed E-state index contributed by atoms with van der Waals surface area (Å²) in [6.07, 6.45) is 2.74. The van der Waals surface area contributed by atoms with Crippen molar-refractivity contribution >= 4 is 18.6 Å². The van der Waals surface area contributed by atoms with E-state index in [9.17, 15) is 9.59 Å². The second-order valence-electron chi connectivity index (χ2n) is 4.45. The van der Waals surface area contributed by atoms with E-state index in [0.29, 0.717) is 12.8 Å². The topological polar surface area (TPSA) is 71.0 Å². The largest absolute Gasteiger partial charge is 0.445 e. The molecular weight excluding hydrogens is 258 g/mol. The van der Waals surface area contributed by atoms with Gasteiger partial charge >= 0.3 is 6.09 Å². The summed E-state index contributed by atoms with van der Waals surface area (Å²) in [6, 6.07) is 8.75. The molecule has 1 aromatic rings. The van der Waals surface area contributed by atoms with E-state index in [4.69, 9.17) is 4.74 Å². The van der Waals surface area contributed by atoms with E-state index >= 15 is 0 Å². The number of hydrogen-bond acceptors (Lipinski definition) is 5. The zero-order chi connectivity index (χ0) is 14.2. The minimum atomic E-state index is -0.617. The molecule has 0 saturated heterocycles. The van der Waals surface area contributed by atoms with Gasteiger partial charge in [0, 0.05) is 19.2 Å². The molecule has 1 aliphatic rings. The van der Waals surface area contributed by atoms with Gasteiger partial charge in [-0.05, 0) is 5.56 Å². The van der Waals surface area contributed by atoms with Gasteiger partial charge in [-0.25, -0.2) is 4.79 Å². The fraction of sp³-hybridized carbons (Fsp3) is 0.357. The maximum Gasteiger partial charge on any atom is 0.408 e. The van der Waals surface area contributed by atoms with Crippen LogP contribution in [0.25, 0.3) is 0 Å². The van der Waals surface area contributed by atoms with Crippen LogP contribution in [0.4, 0.5) is 4.79 Å². The number of rotatable bonds is 6. The lowest BCUT2D eigenvalue weighted by Gasteiger charge is -2.19. The Bertz CT molecular complexity index is 476. The first-order valence-electron chi connectivity index (χ1n) is 6.48. The van der Waals surface area contributed by atoms with Gasteiger partial charge in [-0.2, -0.15) is 5.10 Å². The van der Waals surface area contributed by atoms with Crippen LogP contribution in [-0.2, 0) is 16.1 Å². The molecular formula is C14H17N3O3. The summed E-state index contributed by atoms with van der Waals surface area (Å²) in [5.41, 5.74) is 0.898. The van der Waals surface area contributed by atoms with Crippen molar-refractivity contribution < 1.29 is 14.3 Å². The number of carbonyl (C=O) groups excluding carboxylic acids is 2. The third-order valence-corrected chi connectivity index (χ3v) is 2.85. The SMILES string of the molecule is O=C[C@H](CN1CCC=N1)NC(=O)OCc1ccccc1. The molecule has 1 aliphatic heterocycles. The summed E-state index contributed by atoms with van der Waals surface area (Å²) in [7, 11) is 0. The molecule has 0 saturated carbocycles. The third kappa shape index (κ3) is 4.38. The van der Waals surface area contributed by atoms with Crippen molar-refractivity contribution in [3.05, 3.63) is 35.9 Å². The zero-order valence-corrected chi connectivity index (χ0v) is 11.1. The minimum Gasteiger partial charge on any atom is -0.445 e. The van der Waals surface area contributed by atoms with Crippen molar-refractivity contribution in [2.24, 2.45) is 5.10 Å². The Kier molecular flexibility index (Phi) is 5.11. The molecule has 0 bridgehead atoms. The molecule has 20 heavy (non-hydrogen) atoms. The molecule has 0 radical (unpaired) electrons. The van der Waals surface area contributed by atoms with Gasteiger partial charge in [-0.3, -0.25) is 5.01 Å². The number of benzene rings is 1. The van der Waals surface area contributed by atoms with Gasteiger partial charge in [-0.1, -0.05) is 30.3 Å². The molecule has 1 heterocycles. The summed E-state index contributed by atoms with van der Waals surface area (Å²) < 4.78 is 5.06. The standard InChI is InChI=1S/C14H17N3O3/c18-10-13(9-17-8-4-7-15-17)16-14(19)20-11-12-5-2-1-3-6-12/h1-3,5-7,10,13H,4,8-9,11H2,(H,16,19)/t13-/m0/s1. The fourth-order valence-corrected chi connectivity index (χ4v) is 1.84. The predicted molar refractivity (Wildman–Crippen MR) is 74.3 cm³/mol. The number of hydrogen-bond donors (Lipinski definition) is 1. The number of nitrogens with one attached hydrogen (secondary N) is 1. The van der Waals surface area contributed by atoms with Crippen LogP contribution in [0.5, 0.6) is 0 Å². The quantitative estimate of drug-likeness (QED) is 0.791. The number of alkyl carbamates (subject to hydrolysis) is 1. The number of ether oxygens (including phenoxy) is 1. The maximum absolute atomic E-state index is 11.6. The van der Waals surface area contributed by atoms with Crippen molar-refractivity contribution in [3.63, 3.8) is 0 Å². The second kappa shape index (κ2) is 7.28. The van der Waals surface area contributed by atoms with Crippen LogP contribution in [0.2, 0.25) is 0 Å². The summed E-state index contributed by atoms with van der Waals surface area (Å²) in [4.78, 5) is 22.6. The molecule has 6 heteroatoms. The van der Waals surface area contributed by atoms with Gasteiger partial charge in [0.1, 0.15) is 18.9 Å². The average molecular weight is 275 g/mol. The highest BCUT2D eigenvalue weighted by Gasteiger charge is 2.17. The Morgan fingerprint density at radius 3 is 2.90 bits per heavy atom. The highest BCUT2D eigenvalue weighted by molar-refractivity contribution is 5.73. The lowest BCUT2D eigenvalue weighted by atomic mass is 10.2. The highest BCUT2D eigenvalue weighted by Crippen LogP contribution is 2.02. The molecule has 1 N–H and O–H groups in total. The van der Waals surface area contributed by atoms with Crippen LogP contribution >= 0.6 is 0 Å². The molecule has 1 amide bonds. The van der Waals surface area contributed by atoms with E-state index in [2.05, 4.69) is 10.4 Å². The van der Waals surface area contributed by atoms with Gasteiger partial charge in [0.05, 0.1) is 6.54 Å². The van der Waals surface area contributed by atoms with E-state index in [-0.39, 0.29) is 6.61 Å². The molecule has 0 aliphatic carbocycles. The lowest BCUT2D eigenvalue weighted by Crippen LogP contribution is -2.43. The summed E-state index contributed by atoms with van der Waals surface area (Å²) in [5.74, 6) is 0. The predicted octanol–water partition coefficient (Wildman–Crippen LogP) is 1.17. The molecule has 0 spiro atoms. The summed E-state index contributed by atoms with van der Waals surface area (Å²) >= 11 is 0. The van der Waals surface area contributed by atoms with Crippen molar-refractivity contribution in [1.29, 1.82) is 0 Å². The molecule has 0 aromatic heterocycles. The molecule has 6 nitrogen and oxygen atoms in total. The number of nitrogens with zero attached hydrogens (tertiary/aromatic N) is 2. The van der Waals surface area contributed by atoms with Crippen LogP contribution in [0, 0.1) is 0 Å². The Morgan fingerprint density at radius 1 is 1.45 bits per heavy atom. The van der Waals surface area contributed by atoms with Crippen molar-refractivity contribution in [2.75, 3.05) is 13.1 Å². The van der Waals surface area contributed by atoms with Crippen LogP contribution in [0.1, 0.15) is 12.0 Å².